The quantitative estimate of drug-likeness (QED) is 0.455. The van der Waals surface area contributed by atoms with Gasteiger partial charge < -0.3 is 29.9 Å². The molecule has 4 N–H and O–H groups in total. The number of hydrogen-bond acceptors (Lipinski definition) is 6. The van der Waals surface area contributed by atoms with E-state index < -0.39 is 0 Å². The fraction of sp³-hybridized carbons (Fsp3) is 1.00. The van der Waals surface area contributed by atoms with Crippen LogP contribution in [0.2, 0.25) is 0 Å². The maximum Gasteiger partial charge on any atom is 0.0662 e. The molecule has 0 unspecified atom stereocenters. The zero-order chi connectivity index (χ0) is 17.9. The van der Waals surface area contributed by atoms with Crippen molar-refractivity contribution < 1.29 is 29.9 Å². The van der Waals surface area contributed by atoms with Crippen molar-refractivity contribution in [3.05, 3.63) is 0 Å². The van der Waals surface area contributed by atoms with Crippen LogP contribution in [0.4, 0.5) is 0 Å². The Labute approximate surface area is 137 Å². The molecule has 0 atom stereocenters. The molecule has 0 spiro atoms. The van der Waals surface area contributed by atoms with Crippen molar-refractivity contribution in [1.82, 2.24) is 0 Å². The van der Waals surface area contributed by atoms with E-state index in [0.29, 0.717) is 0 Å². The number of aliphatic hydroxyl groups excluding tert-OH is 4. The van der Waals surface area contributed by atoms with E-state index in [4.69, 9.17) is 29.9 Å². The van der Waals surface area contributed by atoms with Crippen LogP contribution in [0.25, 0.3) is 0 Å². The molecule has 22 heavy (non-hydrogen) atoms. The lowest BCUT2D eigenvalue weighted by atomic mass is 10.2. The van der Waals surface area contributed by atoms with Gasteiger partial charge in [-0.15, -0.1) is 0 Å². The Bertz CT molecular complexity index is 109. The van der Waals surface area contributed by atoms with Crippen molar-refractivity contribution in [2.75, 3.05) is 52.9 Å². The van der Waals surface area contributed by atoms with Gasteiger partial charge >= 0.3 is 0 Å². The molecule has 0 aliphatic carbocycles. The number of unbranched alkanes of at least 4 members (excludes halogenated alkanes) is 3. The van der Waals surface area contributed by atoms with Crippen LogP contribution in [0, 0.1) is 0 Å². The smallest absolute Gasteiger partial charge is 0.0662 e. The van der Waals surface area contributed by atoms with Crippen LogP contribution in [-0.2, 0) is 9.47 Å². The minimum atomic E-state index is -0.125. The molecule has 0 aromatic heterocycles. The van der Waals surface area contributed by atoms with Gasteiger partial charge in [-0.3, -0.25) is 0 Å². The number of aliphatic hydroxyl groups is 4. The van der Waals surface area contributed by atoms with Gasteiger partial charge in [-0.05, 0) is 27.2 Å². The highest BCUT2D eigenvalue weighted by atomic mass is 16.5. The maximum absolute atomic E-state index is 7.62. The molecule has 0 aromatic rings. The van der Waals surface area contributed by atoms with Crippen LogP contribution >= 0.6 is 0 Å². The number of rotatable bonds is 10. The molecule has 0 saturated carbocycles. The summed E-state index contributed by atoms with van der Waals surface area (Å²) in [5.41, 5.74) is 0. The molecule has 6 nitrogen and oxygen atoms in total. The van der Waals surface area contributed by atoms with Gasteiger partial charge in [0.25, 0.3) is 0 Å². The first-order valence-corrected chi connectivity index (χ1v) is 8.25. The first-order chi connectivity index (χ1) is 10.7. The molecule has 140 valence electrons. The van der Waals surface area contributed by atoms with Gasteiger partial charge in [-0.2, -0.15) is 0 Å². The SMILES string of the molecule is CCCCCCOCC.CCOCC.OCCO.OCCO. The van der Waals surface area contributed by atoms with Crippen molar-refractivity contribution in [2.45, 2.75) is 53.4 Å². The fourth-order valence-electron chi connectivity index (χ4n) is 0.979. The molecule has 0 radical (unpaired) electrons. The summed E-state index contributed by atoms with van der Waals surface area (Å²) in [6, 6.07) is 0. The molecule has 0 fully saturated rings. The van der Waals surface area contributed by atoms with E-state index >= 15 is 0 Å². The van der Waals surface area contributed by atoms with Crippen LogP contribution in [0.5, 0.6) is 0 Å². The molecule has 0 heterocycles. The summed E-state index contributed by atoms with van der Waals surface area (Å²) >= 11 is 0. The third-order valence-electron chi connectivity index (χ3n) is 1.95. The third-order valence-corrected chi connectivity index (χ3v) is 1.95. The topological polar surface area (TPSA) is 99.4 Å². The summed E-state index contributed by atoms with van der Waals surface area (Å²) < 4.78 is 10.0. The van der Waals surface area contributed by atoms with Crippen LogP contribution in [0.3, 0.4) is 0 Å². The van der Waals surface area contributed by atoms with Crippen molar-refractivity contribution in [2.24, 2.45) is 0 Å². The Morgan fingerprint density at radius 1 is 0.545 bits per heavy atom. The summed E-state index contributed by atoms with van der Waals surface area (Å²) in [6.07, 6.45) is 5.23. The van der Waals surface area contributed by atoms with Gasteiger partial charge in [0.05, 0.1) is 26.4 Å². The molecule has 0 rings (SSSR count). The van der Waals surface area contributed by atoms with E-state index in [9.17, 15) is 0 Å². The lowest BCUT2D eigenvalue weighted by Gasteiger charge is -1.98. The van der Waals surface area contributed by atoms with Crippen LogP contribution < -0.4 is 0 Å². The average Bonchev–Trinajstić information content (AvgIpc) is 2.56. The molecular formula is C16H40O6. The molecule has 0 aliphatic rings. The fourth-order valence-corrected chi connectivity index (χ4v) is 0.979. The second-order valence-corrected chi connectivity index (χ2v) is 3.93. The Morgan fingerprint density at radius 2 is 0.955 bits per heavy atom. The first kappa shape index (κ1) is 29.7. The second kappa shape index (κ2) is 42.8. The van der Waals surface area contributed by atoms with E-state index in [0.717, 1.165) is 26.4 Å². The summed E-state index contributed by atoms with van der Waals surface area (Å²) in [4.78, 5) is 0. The summed E-state index contributed by atoms with van der Waals surface area (Å²) in [6.45, 7) is 11.3. The van der Waals surface area contributed by atoms with Crippen molar-refractivity contribution >= 4 is 0 Å². The largest absolute Gasteiger partial charge is 0.394 e. The van der Waals surface area contributed by atoms with Gasteiger partial charge in [-0.25, -0.2) is 0 Å². The van der Waals surface area contributed by atoms with E-state index in [1.165, 1.54) is 25.7 Å². The van der Waals surface area contributed by atoms with E-state index in [-0.39, 0.29) is 26.4 Å². The molecule has 0 aliphatic heterocycles. The minimum absolute atomic E-state index is 0.125. The van der Waals surface area contributed by atoms with E-state index in [2.05, 4.69) is 6.92 Å². The number of hydrogen-bond donors (Lipinski definition) is 4. The van der Waals surface area contributed by atoms with Gasteiger partial charge in [-0.1, -0.05) is 26.2 Å². The van der Waals surface area contributed by atoms with Crippen molar-refractivity contribution in [1.29, 1.82) is 0 Å². The predicted octanol–water partition coefficient (Wildman–Crippen LogP) is 1.59. The normalized spacial score (nSPS) is 8.73. The summed E-state index contributed by atoms with van der Waals surface area (Å²) in [7, 11) is 0. The van der Waals surface area contributed by atoms with E-state index in [1.54, 1.807) is 0 Å². The van der Waals surface area contributed by atoms with Gasteiger partial charge in [0.2, 0.25) is 0 Å². The predicted molar refractivity (Wildman–Crippen MR) is 91.1 cm³/mol. The molecular weight excluding hydrogens is 288 g/mol. The molecule has 6 heteroatoms. The first-order valence-electron chi connectivity index (χ1n) is 8.25. The molecule has 0 saturated heterocycles. The number of ether oxygens (including phenoxy) is 2. The zero-order valence-electron chi connectivity index (χ0n) is 15.1. The van der Waals surface area contributed by atoms with Crippen LogP contribution in [-0.4, -0.2) is 73.3 Å². The summed E-state index contributed by atoms with van der Waals surface area (Å²) in [5.74, 6) is 0. The Morgan fingerprint density at radius 3 is 1.18 bits per heavy atom. The second-order valence-electron chi connectivity index (χ2n) is 3.93. The highest BCUT2D eigenvalue weighted by Crippen LogP contribution is 1.98. The monoisotopic (exact) mass is 328 g/mol. The van der Waals surface area contributed by atoms with Crippen LogP contribution in [0.1, 0.15) is 53.4 Å². The zero-order valence-corrected chi connectivity index (χ0v) is 15.1. The maximum atomic E-state index is 7.62. The third kappa shape index (κ3) is 73.0. The summed E-state index contributed by atoms with van der Waals surface area (Å²) in [5, 5.41) is 30.5. The van der Waals surface area contributed by atoms with Gasteiger partial charge in [0, 0.05) is 26.4 Å². The average molecular weight is 328 g/mol. The Balaban J connectivity index is -0.000000107. The van der Waals surface area contributed by atoms with E-state index in [1.807, 2.05) is 20.8 Å². The Hall–Kier alpha value is -0.240. The highest BCUT2D eigenvalue weighted by Gasteiger charge is 1.85. The molecule has 0 bridgehead atoms. The lowest BCUT2D eigenvalue weighted by Crippen LogP contribution is -1.92. The van der Waals surface area contributed by atoms with Crippen molar-refractivity contribution in [3.63, 3.8) is 0 Å². The van der Waals surface area contributed by atoms with Gasteiger partial charge in [0.1, 0.15) is 0 Å². The van der Waals surface area contributed by atoms with Crippen molar-refractivity contribution in [3.8, 4) is 0 Å². The lowest BCUT2D eigenvalue weighted by molar-refractivity contribution is 0.143. The molecule has 0 amide bonds. The molecule has 0 aromatic carbocycles. The van der Waals surface area contributed by atoms with Crippen LogP contribution in [0.15, 0.2) is 0 Å². The van der Waals surface area contributed by atoms with Gasteiger partial charge in [0.15, 0.2) is 0 Å². The highest BCUT2D eigenvalue weighted by molar-refractivity contribution is 4.37. The minimum Gasteiger partial charge on any atom is -0.394 e. The Kier molecular flexibility index (Phi) is 57.9. The standard InChI is InChI=1S/C8H18O.C4H10O.2C2H6O2/c1-3-5-6-7-8-9-4-2;1-3-5-4-2;2*3-1-2-4/h3-8H2,1-2H3;3-4H2,1-2H3;2*3-4H,1-2H2.